The van der Waals surface area contributed by atoms with Crippen molar-refractivity contribution in [3.05, 3.63) is 65.2 Å². The predicted molar refractivity (Wildman–Crippen MR) is 104 cm³/mol. The van der Waals surface area contributed by atoms with Crippen LogP contribution in [0.15, 0.2) is 48.5 Å². The lowest BCUT2D eigenvalue weighted by Crippen LogP contribution is -2.31. The Hall–Kier alpha value is -2.08. The van der Waals surface area contributed by atoms with Crippen molar-refractivity contribution in [1.29, 1.82) is 0 Å². The van der Waals surface area contributed by atoms with E-state index in [4.69, 9.17) is 12.2 Å². The minimum atomic E-state index is -4.34. The van der Waals surface area contributed by atoms with Gasteiger partial charge in [0.15, 0.2) is 5.11 Å². The van der Waals surface area contributed by atoms with Gasteiger partial charge in [0.05, 0.1) is 11.6 Å². The van der Waals surface area contributed by atoms with Gasteiger partial charge in [0, 0.05) is 5.69 Å². The van der Waals surface area contributed by atoms with Crippen LogP contribution in [0.5, 0.6) is 0 Å². The Labute approximate surface area is 157 Å². The molecule has 0 amide bonds. The second-order valence-electron chi connectivity index (χ2n) is 7.27. The molecule has 2 aromatic rings. The zero-order valence-corrected chi connectivity index (χ0v) is 16.1. The Morgan fingerprint density at radius 3 is 1.85 bits per heavy atom. The Kier molecular flexibility index (Phi) is 5.96. The minimum absolute atomic E-state index is 0.0292. The van der Waals surface area contributed by atoms with Gasteiger partial charge in [-0.25, -0.2) is 0 Å². The average Bonchev–Trinajstić information content (AvgIpc) is 2.53. The van der Waals surface area contributed by atoms with Crippen molar-refractivity contribution in [1.82, 2.24) is 5.32 Å². The van der Waals surface area contributed by atoms with E-state index in [2.05, 4.69) is 55.7 Å². The van der Waals surface area contributed by atoms with Crippen LogP contribution in [-0.2, 0) is 11.6 Å². The first-order chi connectivity index (χ1) is 12.0. The molecule has 0 saturated carbocycles. The van der Waals surface area contributed by atoms with Crippen LogP contribution in [0.3, 0.4) is 0 Å². The number of halogens is 3. The molecule has 2 N–H and O–H groups in total. The SMILES string of the molecule is C[C@@H](NC(=S)Nc1ccc(C(F)(F)F)cc1)c1ccc(C(C)(C)C)cc1. The number of rotatable bonds is 3. The number of hydrogen-bond donors (Lipinski definition) is 2. The molecule has 2 aromatic carbocycles. The molecule has 0 aromatic heterocycles. The van der Waals surface area contributed by atoms with E-state index in [1.165, 1.54) is 17.7 Å². The Balaban J connectivity index is 1.96. The number of nitrogens with one attached hydrogen (secondary N) is 2. The molecule has 2 rings (SSSR count). The molecule has 2 nitrogen and oxygen atoms in total. The predicted octanol–water partition coefficient (Wildman–Crippen LogP) is 6.05. The summed E-state index contributed by atoms with van der Waals surface area (Å²) in [5, 5.41) is 6.41. The van der Waals surface area contributed by atoms with Gasteiger partial charge in [-0.2, -0.15) is 13.2 Å². The molecule has 0 aliphatic heterocycles. The molecule has 26 heavy (non-hydrogen) atoms. The Morgan fingerprint density at radius 2 is 1.38 bits per heavy atom. The molecule has 0 fully saturated rings. The number of thiocarbonyl (C=S) groups is 1. The molecule has 6 heteroatoms. The number of anilines is 1. The van der Waals surface area contributed by atoms with Crippen LogP contribution in [0.1, 0.15) is 50.4 Å². The molecule has 0 bridgehead atoms. The lowest BCUT2D eigenvalue weighted by molar-refractivity contribution is -0.137. The highest BCUT2D eigenvalue weighted by molar-refractivity contribution is 7.80. The van der Waals surface area contributed by atoms with Crippen LogP contribution in [0, 0.1) is 0 Å². The van der Waals surface area contributed by atoms with E-state index in [0.29, 0.717) is 10.8 Å². The third-order valence-corrected chi connectivity index (χ3v) is 4.31. The zero-order valence-electron chi connectivity index (χ0n) is 15.2. The third kappa shape index (κ3) is 5.46. The standard InChI is InChI=1S/C20H23F3N2S/c1-13(14-5-7-15(8-6-14)19(2,3)4)24-18(26)25-17-11-9-16(10-12-17)20(21,22)23/h5-13H,1-4H3,(H2,24,25,26)/t13-/m1/s1. The third-order valence-electron chi connectivity index (χ3n) is 4.09. The second kappa shape index (κ2) is 7.66. The maximum atomic E-state index is 12.6. The highest BCUT2D eigenvalue weighted by Crippen LogP contribution is 2.30. The quantitative estimate of drug-likeness (QED) is 0.634. The topological polar surface area (TPSA) is 24.1 Å². The average molecular weight is 380 g/mol. The van der Waals surface area contributed by atoms with E-state index in [1.807, 2.05) is 6.92 Å². The summed E-state index contributed by atoms with van der Waals surface area (Å²) in [7, 11) is 0. The molecule has 0 saturated heterocycles. The monoisotopic (exact) mass is 380 g/mol. The summed E-state index contributed by atoms with van der Waals surface area (Å²) in [4.78, 5) is 0. The van der Waals surface area contributed by atoms with Crippen molar-refractivity contribution in [3.8, 4) is 0 Å². The van der Waals surface area contributed by atoms with E-state index < -0.39 is 11.7 Å². The normalized spacial score (nSPS) is 13.2. The van der Waals surface area contributed by atoms with E-state index >= 15 is 0 Å². The molecule has 1 atom stereocenters. The summed E-state index contributed by atoms with van der Waals surface area (Å²) >= 11 is 5.26. The Bertz CT molecular complexity index is 745. The van der Waals surface area contributed by atoms with Crippen molar-refractivity contribution in [2.45, 2.75) is 45.3 Å². The van der Waals surface area contributed by atoms with Gasteiger partial charge < -0.3 is 10.6 Å². The van der Waals surface area contributed by atoms with Gasteiger partial charge in [-0.1, -0.05) is 45.0 Å². The van der Waals surface area contributed by atoms with E-state index in [0.717, 1.165) is 17.7 Å². The first-order valence-corrected chi connectivity index (χ1v) is 8.73. The van der Waals surface area contributed by atoms with Crippen molar-refractivity contribution in [2.75, 3.05) is 5.32 Å². The summed E-state index contributed by atoms with van der Waals surface area (Å²) in [5.74, 6) is 0. The fraction of sp³-hybridized carbons (Fsp3) is 0.350. The molecule has 0 heterocycles. The van der Waals surface area contributed by atoms with Crippen LogP contribution in [0.4, 0.5) is 18.9 Å². The first kappa shape index (κ1) is 20.2. The summed E-state index contributed by atoms with van der Waals surface area (Å²) < 4.78 is 37.8. The summed E-state index contributed by atoms with van der Waals surface area (Å²) in [6.07, 6.45) is -4.34. The van der Waals surface area contributed by atoms with Crippen LogP contribution in [0.2, 0.25) is 0 Å². The lowest BCUT2D eigenvalue weighted by atomic mass is 9.86. The maximum Gasteiger partial charge on any atom is 0.416 e. The van der Waals surface area contributed by atoms with Gasteiger partial charge in [-0.3, -0.25) is 0 Å². The molecule has 140 valence electrons. The lowest BCUT2D eigenvalue weighted by Gasteiger charge is -2.21. The van der Waals surface area contributed by atoms with Gasteiger partial charge >= 0.3 is 6.18 Å². The maximum absolute atomic E-state index is 12.6. The smallest absolute Gasteiger partial charge is 0.356 e. The molecule has 0 radical (unpaired) electrons. The number of hydrogen-bond acceptors (Lipinski definition) is 1. The highest BCUT2D eigenvalue weighted by Gasteiger charge is 2.29. The van der Waals surface area contributed by atoms with Crippen molar-refractivity contribution in [3.63, 3.8) is 0 Å². The largest absolute Gasteiger partial charge is 0.416 e. The van der Waals surface area contributed by atoms with Gasteiger partial charge in [0.2, 0.25) is 0 Å². The molecule has 0 unspecified atom stereocenters. The highest BCUT2D eigenvalue weighted by atomic mass is 32.1. The van der Waals surface area contributed by atoms with Crippen LogP contribution in [-0.4, -0.2) is 5.11 Å². The van der Waals surface area contributed by atoms with Gasteiger partial charge in [-0.15, -0.1) is 0 Å². The second-order valence-corrected chi connectivity index (χ2v) is 7.68. The van der Waals surface area contributed by atoms with Gasteiger partial charge in [0.25, 0.3) is 0 Å². The molecule has 0 aliphatic carbocycles. The Morgan fingerprint density at radius 1 is 0.885 bits per heavy atom. The molecule has 0 aliphatic rings. The number of benzene rings is 2. The fourth-order valence-corrected chi connectivity index (χ4v) is 2.76. The van der Waals surface area contributed by atoms with E-state index in [9.17, 15) is 13.2 Å². The van der Waals surface area contributed by atoms with E-state index in [1.54, 1.807) is 0 Å². The summed E-state index contributed by atoms with van der Waals surface area (Å²) in [6, 6.07) is 13.1. The van der Waals surface area contributed by atoms with E-state index in [-0.39, 0.29) is 11.5 Å². The molecular weight excluding hydrogens is 357 g/mol. The number of alkyl halides is 3. The van der Waals surface area contributed by atoms with Gasteiger partial charge in [-0.05, 0) is 59.9 Å². The molecular formula is C20H23F3N2S. The van der Waals surface area contributed by atoms with Crippen molar-refractivity contribution >= 4 is 23.0 Å². The van der Waals surface area contributed by atoms with Crippen molar-refractivity contribution in [2.24, 2.45) is 0 Å². The van der Waals surface area contributed by atoms with Crippen LogP contribution < -0.4 is 10.6 Å². The van der Waals surface area contributed by atoms with Crippen LogP contribution in [0.25, 0.3) is 0 Å². The minimum Gasteiger partial charge on any atom is -0.356 e. The van der Waals surface area contributed by atoms with Crippen molar-refractivity contribution < 1.29 is 13.2 Å². The molecule has 0 spiro atoms. The summed E-state index contributed by atoms with van der Waals surface area (Å²) in [6.45, 7) is 8.46. The first-order valence-electron chi connectivity index (χ1n) is 8.32. The zero-order chi connectivity index (χ0) is 19.5. The van der Waals surface area contributed by atoms with Gasteiger partial charge in [0.1, 0.15) is 0 Å². The summed E-state index contributed by atoms with van der Waals surface area (Å²) in [5.41, 5.74) is 2.24. The van der Waals surface area contributed by atoms with Crippen LogP contribution >= 0.6 is 12.2 Å². The fourth-order valence-electron chi connectivity index (χ4n) is 2.46.